The predicted molar refractivity (Wildman–Crippen MR) is 86.8 cm³/mol. The third-order valence-corrected chi connectivity index (χ3v) is 5.67. The van der Waals surface area contributed by atoms with E-state index in [-0.39, 0.29) is 0 Å². The van der Waals surface area contributed by atoms with Crippen LogP contribution in [0.1, 0.15) is 37.4 Å². The number of rotatable bonds is 2. The van der Waals surface area contributed by atoms with Crippen LogP contribution in [0.4, 0.5) is 5.95 Å². The van der Waals surface area contributed by atoms with Crippen molar-refractivity contribution < 1.29 is 4.74 Å². The van der Waals surface area contributed by atoms with E-state index in [1.54, 1.807) is 7.11 Å². The van der Waals surface area contributed by atoms with Gasteiger partial charge in [-0.3, -0.25) is 0 Å². The Balaban J connectivity index is 1.84. The molecule has 4 nitrogen and oxygen atoms in total. The Morgan fingerprint density at radius 3 is 2.55 bits per heavy atom. The highest BCUT2D eigenvalue weighted by atomic mass is 16.5. The Morgan fingerprint density at radius 1 is 1.18 bits per heavy atom. The quantitative estimate of drug-likeness (QED) is 0.922. The molecule has 1 fully saturated rings. The van der Waals surface area contributed by atoms with Crippen LogP contribution >= 0.6 is 0 Å². The number of methoxy groups -OCH3 is 1. The van der Waals surface area contributed by atoms with Crippen LogP contribution in [0.5, 0.6) is 5.75 Å². The van der Waals surface area contributed by atoms with Gasteiger partial charge in [-0.2, -0.15) is 0 Å². The minimum absolute atomic E-state index is 0.338. The van der Waals surface area contributed by atoms with Gasteiger partial charge < -0.3 is 10.5 Å². The van der Waals surface area contributed by atoms with E-state index in [2.05, 4.69) is 23.8 Å². The summed E-state index contributed by atoms with van der Waals surface area (Å²) in [5.74, 6) is 2.48. The van der Waals surface area contributed by atoms with Crippen LogP contribution in [0.2, 0.25) is 0 Å². The number of benzene rings is 1. The topological polar surface area (TPSA) is 61.0 Å². The summed E-state index contributed by atoms with van der Waals surface area (Å²) >= 11 is 0. The van der Waals surface area contributed by atoms with Crippen molar-refractivity contribution in [2.24, 2.45) is 11.3 Å². The maximum absolute atomic E-state index is 6.00. The standard InChI is InChI=1S/C18H21N3O/c1-18(2)11-8-13-15(10-4-6-12(22-3)7-5-10)20-17(19)21-16(13)14(18)9-11/h4-7,11,14H,8-9H2,1-3H3,(H2,19,20,21). The van der Waals surface area contributed by atoms with Gasteiger partial charge in [-0.15, -0.1) is 0 Å². The summed E-state index contributed by atoms with van der Waals surface area (Å²) in [6.45, 7) is 4.69. The van der Waals surface area contributed by atoms with E-state index in [0.29, 0.717) is 17.3 Å². The minimum Gasteiger partial charge on any atom is -0.497 e. The number of ether oxygens (including phenoxy) is 1. The second kappa shape index (κ2) is 4.45. The lowest BCUT2D eigenvalue weighted by molar-refractivity contribution is 0.0156. The highest BCUT2D eigenvalue weighted by Crippen LogP contribution is 2.62. The van der Waals surface area contributed by atoms with Crippen LogP contribution in [0, 0.1) is 11.3 Å². The summed E-state index contributed by atoms with van der Waals surface area (Å²) in [7, 11) is 1.68. The third-order valence-electron chi connectivity index (χ3n) is 5.67. The van der Waals surface area contributed by atoms with Crippen molar-refractivity contribution in [1.29, 1.82) is 0 Å². The van der Waals surface area contributed by atoms with Crippen LogP contribution in [0.25, 0.3) is 11.3 Å². The van der Waals surface area contributed by atoms with Crippen molar-refractivity contribution in [1.82, 2.24) is 9.97 Å². The van der Waals surface area contributed by atoms with Crippen LogP contribution in [-0.2, 0) is 6.42 Å². The molecule has 0 amide bonds. The first kappa shape index (κ1) is 13.6. The van der Waals surface area contributed by atoms with E-state index in [1.165, 1.54) is 17.7 Å². The molecule has 1 aromatic heterocycles. The number of hydrogen-bond donors (Lipinski definition) is 1. The molecule has 22 heavy (non-hydrogen) atoms. The molecule has 2 N–H and O–H groups in total. The fraction of sp³-hybridized carbons (Fsp3) is 0.444. The van der Waals surface area contributed by atoms with Crippen molar-refractivity contribution in [2.45, 2.75) is 32.6 Å². The van der Waals surface area contributed by atoms with Crippen molar-refractivity contribution in [3.8, 4) is 17.0 Å². The number of aromatic nitrogens is 2. The monoisotopic (exact) mass is 295 g/mol. The van der Waals surface area contributed by atoms with Crippen LogP contribution in [0.15, 0.2) is 24.3 Å². The molecular weight excluding hydrogens is 274 g/mol. The first-order chi connectivity index (χ1) is 10.5. The van der Waals surface area contributed by atoms with E-state index in [9.17, 15) is 0 Å². The summed E-state index contributed by atoms with van der Waals surface area (Å²) in [5, 5.41) is 0. The molecule has 5 rings (SSSR count). The van der Waals surface area contributed by atoms with E-state index < -0.39 is 0 Å². The number of nitrogen functional groups attached to an aromatic ring is 1. The highest BCUT2D eigenvalue weighted by molar-refractivity contribution is 5.67. The van der Waals surface area contributed by atoms with Crippen LogP contribution in [0.3, 0.4) is 0 Å². The van der Waals surface area contributed by atoms with Crippen LogP contribution < -0.4 is 10.5 Å². The van der Waals surface area contributed by atoms with Gasteiger partial charge in [0.1, 0.15) is 5.75 Å². The average molecular weight is 295 g/mol. The Bertz CT molecular complexity index is 737. The molecule has 1 aromatic carbocycles. The zero-order valence-corrected chi connectivity index (χ0v) is 13.3. The smallest absolute Gasteiger partial charge is 0.220 e. The average Bonchev–Trinajstić information content (AvgIpc) is 2.53. The molecule has 0 aliphatic heterocycles. The maximum Gasteiger partial charge on any atom is 0.220 e. The summed E-state index contributed by atoms with van der Waals surface area (Å²) < 4.78 is 5.24. The Hall–Kier alpha value is -2.10. The zero-order chi connectivity index (χ0) is 15.5. The first-order valence-electron chi connectivity index (χ1n) is 7.81. The Morgan fingerprint density at radius 2 is 1.91 bits per heavy atom. The Labute approximate surface area is 130 Å². The molecule has 2 atom stereocenters. The van der Waals surface area contributed by atoms with Crippen molar-refractivity contribution in [3.05, 3.63) is 35.5 Å². The third kappa shape index (κ3) is 1.76. The predicted octanol–water partition coefficient (Wildman–Crippen LogP) is 3.42. The van der Waals surface area contributed by atoms with Crippen molar-refractivity contribution in [3.63, 3.8) is 0 Å². The van der Waals surface area contributed by atoms with E-state index in [0.717, 1.165) is 29.3 Å². The summed E-state index contributed by atoms with van der Waals surface area (Å²) in [4.78, 5) is 9.13. The summed E-state index contributed by atoms with van der Waals surface area (Å²) in [6, 6.07) is 8.03. The van der Waals surface area contributed by atoms with Gasteiger partial charge in [0.15, 0.2) is 0 Å². The van der Waals surface area contributed by atoms with Gasteiger partial charge in [-0.05, 0) is 48.4 Å². The van der Waals surface area contributed by atoms with Crippen molar-refractivity contribution in [2.75, 3.05) is 12.8 Å². The van der Waals surface area contributed by atoms with Gasteiger partial charge in [0.2, 0.25) is 5.95 Å². The number of nitrogens with two attached hydrogens (primary N) is 1. The lowest BCUT2D eigenvalue weighted by atomic mass is 9.48. The van der Waals surface area contributed by atoms with Gasteiger partial charge in [0.25, 0.3) is 0 Å². The van der Waals surface area contributed by atoms with Gasteiger partial charge in [-0.25, -0.2) is 9.97 Å². The van der Waals surface area contributed by atoms with Gasteiger partial charge in [0, 0.05) is 17.0 Å². The van der Waals surface area contributed by atoms with Crippen molar-refractivity contribution >= 4 is 5.95 Å². The second-order valence-corrected chi connectivity index (χ2v) is 7.03. The molecule has 0 spiro atoms. The molecular formula is C18H21N3O. The molecule has 1 heterocycles. The van der Waals surface area contributed by atoms with Crippen LogP contribution in [-0.4, -0.2) is 17.1 Å². The van der Waals surface area contributed by atoms with E-state index >= 15 is 0 Å². The largest absolute Gasteiger partial charge is 0.497 e. The lowest BCUT2D eigenvalue weighted by Crippen LogP contribution is -2.48. The second-order valence-electron chi connectivity index (χ2n) is 7.03. The van der Waals surface area contributed by atoms with E-state index in [4.69, 9.17) is 10.5 Å². The highest BCUT2D eigenvalue weighted by Gasteiger charge is 2.54. The molecule has 2 aromatic rings. The molecule has 0 saturated heterocycles. The molecule has 0 radical (unpaired) electrons. The summed E-state index contributed by atoms with van der Waals surface area (Å²) in [5.41, 5.74) is 10.9. The first-order valence-corrected chi connectivity index (χ1v) is 7.81. The number of nitrogens with zero attached hydrogens (tertiary/aromatic N) is 2. The molecule has 3 aliphatic rings. The molecule has 2 bridgehead atoms. The SMILES string of the molecule is COc1ccc(-c2nc(N)nc3c2CC2CC3C2(C)C)cc1. The number of anilines is 1. The lowest BCUT2D eigenvalue weighted by Gasteiger charge is -2.56. The molecule has 114 valence electrons. The van der Waals surface area contributed by atoms with E-state index in [1.807, 2.05) is 24.3 Å². The molecule has 3 aliphatic carbocycles. The van der Waals surface area contributed by atoms with Gasteiger partial charge in [-0.1, -0.05) is 13.8 Å². The molecule has 1 saturated carbocycles. The Kier molecular flexibility index (Phi) is 2.74. The fourth-order valence-corrected chi connectivity index (χ4v) is 4.07. The summed E-state index contributed by atoms with van der Waals surface area (Å²) in [6.07, 6.45) is 2.29. The fourth-order valence-electron chi connectivity index (χ4n) is 4.07. The minimum atomic E-state index is 0.338. The maximum atomic E-state index is 6.00. The molecule has 4 heteroatoms. The number of hydrogen-bond acceptors (Lipinski definition) is 4. The van der Waals surface area contributed by atoms with Gasteiger partial charge >= 0.3 is 0 Å². The van der Waals surface area contributed by atoms with Gasteiger partial charge in [0.05, 0.1) is 18.5 Å². The molecule has 2 unspecified atom stereocenters. The zero-order valence-electron chi connectivity index (χ0n) is 13.3. The normalized spacial score (nSPS) is 24.3.